The maximum Gasteiger partial charge on any atom is 0.0223 e. The number of likely N-dealkylation sites (tertiary alicyclic amines) is 1. The van der Waals surface area contributed by atoms with Crippen molar-refractivity contribution in [3.63, 3.8) is 0 Å². The Morgan fingerprint density at radius 1 is 1.10 bits per heavy atom. The molecule has 118 valence electrons. The number of rotatable bonds is 6. The van der Waals surface area contributed by atoms with Gasteiger partial charge in [0.05, 0.1) is 0 Å². The van der Waals surface area contributed by atoms with E-state index in [0.717, 1.165) is 24.5 Å². The fourth-order valence-corrected chi connectivity index (χ4v) is 4.08. The van der Waals surface area contributed by atoms with Crippen molar-refractivity contribution < 1.29 is 0 Å². The molecule has 1 N–H and O–H groups in total. The summed E-state index contributed by atoms with van der Waals surface area (Å²) in [5, 5.41) is 3.79. The second kappa shape index (κ2) is 8.35. The topological polar surface area (TPSA) is 18.5 Å². The van der Waals surface area contributed by atoms with E-state index >= 15 is 0 Å². The number of likely N-dealkylation sites (N-methyl/N-ethyl adjacent to an activating group) is 2. The van der Waals surface area contributed by atoms with Crippen molar-refractivity contribution in [1.82, 2.24) is 15.1 Å². The van der Waals surface area contributed by atoms with E-state index in [0.29, 0.717) is 0 Å². The first-order chi connectivity index (χ1) is 9.70. The van der Waals surface area contributed by atoms with Gasteiger partial charge in [0.1, 0.15) is 0 Å². The van der Waals surface area contributed by atoms with Gasteiger partial charge in [-0.3, -0.25) is 0 Å². The van der Waals surface area contributed by atoms with Crippen molar-refractivity contribution in [2.45, 2.75) is 64.0 Å². The molecular weight excluding hydrogens is 246 g/mol. The van der Waals surface area contributed by atoms with Gasteiger partial charge in [-0.1, -0.05) is 26.2 Å². The molecule has 0 radical (unpaired) electrons. The fraction of sp³-hybridized carbons (Fsp3) is 1.00. The van der Waals surface area contributed by atoms with Crippen LogP contribution in [0.4, 0.5) is 0 Å². The average molecular weight is 281 g/mol. The van der Waals surface area contributed by atoms with E-state index in [9.17, 15) is 0 Å². The minimum atomic E-state index is 0.723. The van der Waals surface area contributed by atoms with Crippen LogP contribution in [0, 0.1) is 5.92 Å². The third-order valence-corrected chi connectivity index (χ3v) is 5.35. The van der Waals surface area contributed by atoms with Gasteiger partial charge in [-0.15, -0.1) is 0 Å². The molecule has 1 heterocycles. The summed E-state index contributed by atoms with van der Waals surface area (Å²) in [6.45, 7) is 7.21. The third kappa shape index (κ3) is 4.71. The number of nitrogens with one attached hydrogen (secondary N) is 1. The molecular formula is C17H35N3. The van der Waals surface area contributed by atoms with Crippen LogP contribution < -0.4 is 5.32 Å². The molecule has 0 aromatic heterocycles. The Morgan fingerprint density at radius 3 is 2.50 bits per heavy atom. The van der Waals surface area contributed by atoms with Gasteiger partial charge in [-0.05, 0) is 58.8 Å². The molecule has 2 fully saturated rings. The molecule has 1 aliphatic heterocycles. The lowest BCUT2D eigenvalue weighted by Gasteiger charge is -2.40. The number of hydrogen-bond acceptors (Lipinski definition) is 3. The average Bonchev–Trinajstić information content (AvgIpc) is 2.48. The summed E-state index contributed by atoms with van der Waals surface area (Å²) in [5.74, 6) is 0.920. The summed E-state index contributed by atoms with van der Waals surface area (Å²) in [7, 11) is 4.47. The molecule has 1 aliphatic carbocycles. The summed E-state index contributed by atoms with van der Waals surface area (Å²) in [6.07, 6.45) is 10.00. The summed E-state index contributed by atoms with van der Waals surface area (Å²) < 4.78 is 0. The van der Waals surface area contributed by atoms with Gasteiger partial charge in [-0.2, -0.15) is 0 Å². The van der Waals surface area contributed by atoms with E-state index in [1.54, 1.807) is 0 Å². The second-order valence-corrected chi connectivity index (χ2v) is 7.08. The van der Waals surface area contributed by atoms with Gasteiger partial charge in [-0.25, -0.2) is 0 Å². The number of piperidine rings is 1. The Labute approximate surface area is 126 Å². The van der Waals surface area contributed by atoms with Crippen molar-refractivity contribution in [3.05, 3.63) is 0 Å². The van der Waals surface area contributed by atoms with Crippen LogP contribution in [-0.2, 0) is 0 Å². The van der Waals surface area contributed by atoms with Crippen molar-refractivity contribution in [3.8, 4) is 0 Å². The molecule has 0 bridgehead atoms. The molecule has 2 atom stereocenters. The molecule has 2 rings (SSSR count). The van der Waals surface area contributed by atoms with Crippen LogP contribution in [0.5, 0.6) is 0 Å². The summed E-state index contributed by atoms with van der Waals surface area (Å²) in [5.41, 5.74) is 0. The summed E-state index contributed by atoms with van der Waals surface area (Å²) in [6, 6.07) is 1.48. The van der Waals surface area contributed by atoms with Gasteiger partial charge in [0.15, 0.2) is 0 Å². The summed E-state index contributed by atoms with van der Waals surface area (Å²) in [4.78, 5) is 5.13. The largest absolute Gasteiger partial charge is 0.313 e. The van der Waals surface area contributed by atoms with E-state index in [2.05, 4.69) is 36.1 Å². The maximum absolute atomic E-state index is 3.79. The zero-order chi connectivity index (χ0) is 14.4. The van der Waals surface area contributed by atoms with E-state index < -0.39 is 0 Å². The second-order valence-electron chi connectivity index (χ2n) is 7.08. The molecule has 2 unspecified atom stereocenters. The van der Waals surface area contributed by atoms with Gasteiger partial charge >= 0.3 is 0 Å². The lowest BCUT2D eigenvalue weighted by atomic mass is 9.83. The van der Waals surface area contributed by atoms with Gasteiger partial charge < -0.3 is 15.1 Å². The van der Waals surface area contributed by atoms with E-state index in [4.69, 9.17) is 0 Å². The van der Waals surface area contributed by atoms with E-state index in [1.807, 2.05) is 0 Å². The molecule has 1 saturated heterocycles. The molecule has 0 amide bonds. The smallest absolute Gasteiger partial charge is 0.0223 e. The van der Waals surface area contributed by atoms with Crippen LogP contribution in [0.25, 0.3) is 0 Å². The lowest BCUT2D eigenvalue weighted by Crippen LogP contribution is -2.51. The van der Waals surface area contributed by atoms with Gasteiger partial charge in [0.25, 0.3) is 0 Å². The van der Waals surface area contributed by atoms with Gasteiger partial charge in [0.2, 0.25) is 0 Å². The first-order valence-corrected chi connectivity index (χ1v) is 8.83. The first-order valence-electron chi connectivity index (χ1n) is 8.83. The molecule has 2 aliphatic rings. The predicted molar refractivity (Wildman–Crippen MR) is 87.2 cm³/mol. The molecule has 20 heavy (non-hydrogen) atoms. The minimum absolute atomic E-state index is 0.723. The van der Waals surface area contributed by atoms with Gasteiger partial charge in [0, 0.05) is 25.2 Å². The zero-order valence-corrected chi connectivity index (χ0v) is 13.9. The highest BCUT2D eigenvalue weighted by molar-refractivity contribution is 4.85. The lowest BCUT2D eigenvalue weighted by molar-refractivity contribution is 0.108. The molecule has 3 nitrogen and oxygen atoms in total. The third-order valence-electron chi connectivity index (χ3n) is 5.35. The number of hydrogen-bond donors (Lipinski definition) is 1. The van der Waals surface area contributed by atoms with Crippen molar-refractivity contribution in [1.29, 1.82) is 0 Å². The monoisotopic (exact) mass is 281 g/mol. The van der Waals surface area contributed by atoms with Crippen LogP contribution in [0.3, 0.4) is 0 Å². The Hall–Kier alpha value is -0.120. The van der Waals surface area contributed by atoms with Crippen LogP contribution >= 0.6 is 0 Å². The minimum Gasteiger partial charge on any atom is -0.313 e. The van der Waals surface area contributed by atoms with Crippen LogP contribution in [0.2, 0.25) is 0 Å². The molecule has 3 heteroatoms. The first kappa shape index (κ1) is 16.3. The Morgan fingerprint density at radius 2 is 1.85 bits per heavy atom. The number of nitrogens with zero attached hydrogens (tertiary/aromatic N) is 2. The van der Waals surface area contributed by atoms with Crippen LogP contribution in [0.1, 0.15) is 51.9 Å². The standard InChI is InChI=1S/C17H35N3/c1-4-18-17(15-9-6-5-7-10-15)14-20-12-8-11-16(13-20)19(2)3/h15-18H,4-14H2,1-3H3. The maximum atomic E-state index is 3.79. The Bertz CT molecular complexity index is 261. The molecule has 0 spiro atoms. The quantitative estimate of drug-likeness (QED) is 0.807. The SMILES string of the molecule is CCNC(CN1CCCC(N(C)C)C1)C1CCCCC1. The highest BCUT2D eigenvalue weighted by Gasteiger charge is 2.27. The molecule has 1 saturated carbocycles. The van der Waals surface area contributed by atoms with E-state index in [-0.39, 0.29) is 0 Å². The van der Waals surface area contributed by atoms with Crippen molar-refractivity contribution >= 4 is 0 Å². The summed E-state index contributed by atoms with van der Waals surface area (Å²) >= 11 is 0. The molecule has 0 aromatic carbocycles. The van der Waals surface area contributed by atoms with Crippen LogP contribution in [0.15, 0.2) is 0 Å². The fourth-order valence-electron chi connectivity index (χ4n) is 4.08. The highest BCUT2D eigenvalue weighted by atomic mass is 15.2. The highest BCUT2D eigenvalue weighted by Crippen LogP contribution is 2.27. The molecule has 0 aromatic rings. The van der Waals surface area contributed by atoms with Crippen LogP contribution in [-0.4, -0.2) is 62.2 Å². The normalized spacial score (nSPS) is 27.9. The Kier molecular flexibility index (Phi) is 6.79. The predicted octanol–water partition coefficient (Wildman–Crippen LogP) is 2.57. The van der Waals surface area contributed by atoms with Crippen molar-refractivity contribution in [2.24, 2.45) is 5.92 Å². The zero-order valence-electron chi connectivity index (χ0n) is 13.9. The van der Waals surface area contributed by atoms with E-state index in [1.165, 1.54) is 64.6 Å². The van der Waals surface area contributed by atoms with Crippen molar-refractivity contribution in [2.75, 3.05) is 40.3 Å². The Balaban J connectivity index is 1.86.